The van der Waals surface area contributed by atoms with Gasteiger partial charge in [-0.15, -0.1) is 0 Å². The van der Waals surface area contributed by atoms with Gasteiger partial charge in [0.1, 0.15) is 18.0 Å². The van der Waals surface area contributed by atoms with E-state index in [0.29, 0.717) is 10.8 Å². The van der Waals surface area contributed by atoms with Gasteiger partial charge in [0.15, 0.2) is 6.04 Å². The summed E-state index contributed by atoms with van der Waals surface area (Å²) in [6, 6.07) is 5.72. The van der Waals surface area contributed by atoms with E-state index in [1.807, 2.05) is 0 Å². The number of hydrogen-bond donors (Lipinski definition) is 1. The third-order valence-corrected chi connectivity index (χ3v) is 2.62. The van der Waals surface area contributed by atoms with Crippen LogP contribution in [0.15, 0.2) is 24.3 Å². The Morgan fingerprint density at radius 2 is 2.00 bits per heavy atom. The van der Waals surface area contributed by atoms with Crippen LogP contribution in [0.1, 0.15) is 20.8 Å². The van der Waals surface area contributed by atoms with Crippen LogP contribution in [0.3, 0.4) is 0 Å². The third kappa shape index (κ3) is 6.67. The molecule has 0 aliphatic rings. The molecule has 0 aliphatic heterocycles. The van der Waals surface area contributed by atoms with Crippen LogP contribution in [-0.4, -0.2) is 37.4 Å². The number of benzene rings is 1. The number of esters is 1. The zero-order valence-corrected chi connectivity index (χ0v) is 13.8. The van der Waals surface area contributed by atoms with Crippen molar-refractivity contribution in [2.75, 3.05) is 13.7 Å². The van der Waals surface area contributed by atoms with Crippen molar-refractivity contribution in [3.05, 3.63) is 29.3 Å². The molecule has 0 saturated heterocycles. The summed E-state index contributed by atoms with van der Waals surface area (Å²) in [5.74, 6) is -0.153. The summed E-state index contributed by atoms with van der Waals surface area (Å²) in [5, 5.41) is 2.92. The van der Waals surface area contributed by atoms with Crippen molar-refractivity contribution in [3.8, 4) is 5.75 Å². The van der Waals surface area contributed by atoms with Gasteiger partial charge in [-0.25, -0.2) is 9.59 Å². The maximum Gasteiger partial charge on any atom is 0.408 e. The highest BCUT2D eigenvalue weighted by Crippen LogP contribution is 2.17. The molecular formula is C15H20ClNO5. The van der Waals surface area contributed by atoms with E-state index in [0.717, 1.165) is 0 Å². The van der Waals surface area contributed by atoms with E-state index in [1.54, 1.807) is 45.0 Å². The lowest BCUT2D eigenvalue weighted by molar-refractivity contribution is -0.143. The molecule has 122 valence electrons. The molecular weight excluding hydrogens is 310 g/mol. The van der Waals surface area contributed by atoms with E-state index < -0.39 is 23.7 Å². The standard InChI is InChI=1S/C15H20ClNO5/c1-15(2,3)22-14(19)17-12(13(18)20-4)9-21-11-7-5-6-10(16)8-11/h5-8,12H,9H2,1-4H3,(H,17,19). The van der Waals surface area contributed by atoms with Crippen molar-refractivity contribution in [2.45, 2.75) is 32.4 Å². The highest BCUT2D eigenvalue weighted by molar-refractivity contribution is 6.30. The molecule has 0 spiro atoms. The molecule has 0 heterocycles. The minimum absolute atomic E-state index is 0.105. The smallest absolute Gasteiger partial charge is 0.408 e. The van der Waals surface area contributed by atoms with Crippen molar-refractivity contribution in [1.29, 1.82) is 0 Å². The molecule has 0 aliphatic carbocycles. The van der Waals surface area contributed by atoms with Crippen LogP contribution in [0.4, 0.5) is 4.79 Å². The molecule has 1 unspecified atom stereocenters. The molecule has 0 bridgehead atoms. The fourth-order valence-electron chi connectivity index (χ4n) is 1.50. The van der Waals surface area contributed by atoms with E-state index in [4.69, 9.17) is 21.1 Å². The molecule has 22 heavy (non-hydrogen) atoms. The number of alkyl carbamates (subject to hydrolysis) is 1. The van der Waals surface area contributed by atoms with Gasteiger partial charge in [0, 0.05) is 5.02 Å². The molecule has 0 saturated carbocycles. The quantitative estimate of drug-likeness (QED) is 0.841. The van der Waals surface area contributed by atoms with Crippen LogP contribution in [-0.2, 0) is 14.3 Å². The number of ether oxygens (including phenoxy) is 3. The normalized spacial score (nSPS) is 12.2. The highest BCUT2D eigenvalue weighted by atomic mass is 35.5. The van der Waals surface area contributed by atoms with E-state index in [9.17, 15) is 9.59 Å². The Kier molecular flexibility index (Phi) is 6.49. The molecule has 1 aromatic rings. The average molecular weight is 330 g/mol. The molecule has 0 radical (unpaired) electrons. The van der Waals surface area contributed by atoms with Gasteiger partial charge in [-0.3, -0.25) is 0 Å². The minimum Gasteiger partial charge on any atom is -0.491 e. The molecule has 1 rings (SSSR count). The Morgan fingerprint density at radius 3 is 2.55 bits per heavy atom. The number of carbonyl (C=O) groups is 2. The predicted molar refractivity (Wildman–Crippen MR) is 82.1 cm³/mol. The third-order valence-electron chi connectivity index (χ3n) is 2.39. The van der Waals surface area contributed by atoms with Crippen LogP contribution in [0, 0.1) is 0 Å². The summed E-state index contributed by atoms with van der Waals surface area (Å²) in [7, 11) is 1.23. The molecule has 6 nitrogen and oxygen atoms in total. The van der Waals surface area contributed by atoms with Gasteiger partial charge in [-0.2, -0.15) is 0 Å². The number of halogens is 1. The fourth-order valence-corrected chi connectivity index (χ4v) is 1.68. The zero-order valence-electron chi connectivity index (χ0n) is 13.0. The Labute approximate surface area is 134 Å². The van der Waals surface area contributed by atoms with E-state index >= 15 is 0 Å². The minimum atomic E-state index is -0.987. The second-order valence-electron chi connectivity index (χ2n) is 5.49. The second kappa shape index (κ2) is 7.89. The van der Waals surface area contributed by atoms with Gasteiger partial charge in [0.2, 0.25) is 0 Å². The predicted octanol–water partition coefficient (Wildman–Crippen LogP) is 2.79. The van der Waals surface area contributed by atoms with Gasteiger partial charge in [-0.05, 0) is 39.0 Å². The first-order valence-electron chi connectivity index (χ1n) is 6.67. The Hall–Kier alpha value is -1.95. The monoisotopic (exact) mass is 329 g/mol. The molecule has 1 amide bonds. The topological polar surface area (TPSA) is 73.9 Å². The highest BCUT2D eigenvalue weighted by Gasteiger charge is 2.25. The van der Waals surface area contributed by atoms with Crippen LogP contribution < -0.4 is 10.1 Å². The SMILES string of the molecule is COC(=O)C(COc1cccc(Cl)c1)NC(=O)OC(C)(C)C. The first-order valence-corrected chi connectivity index (χ1v) is 7.05. The van der Waals surface area contributed by atoms with E-state index in [2.05, 4.69) is 10.1 Å². The van der Waals surface area contributed by atoms with Crippen LogP contribution in [0.2, 0.25) is 5.02 Å². The van der Waals surface area contributed by atoms with E-state index in [1.165, 1.54) is 7.11 Å². The van der Waals surface area contributed by atoms with Crippen LogP contribution in [0.5, 0.6) is 5.75 Å². The first kappa shape index (κ1) is 18.1. The van der Waals surface area contributed by atoms with Gasteiger partial charge < -0.3 is 19.5 Å². The second-order valence-corrected chi connectivity index (χ2v) is 5.93. The Balaban J connectivity index is 2.65. The van der Waals surface area contributed by atoms with Crippen molar-refractivity contribution >= 4 is 23.7 Å². The number of amides is 1. The summed E-state index contributed by atoms with van der Waals surface area (Å²) in [5.41, 5.74) is -0.668. The molecule has 1 atom stereocenters. The van der Waals surface area contributed by atoms with Crippen molar-refractivity contribution < 1.29 is 23.8 Å². The lowest BCUT2D eigenvalue weighted by Crippen LogP contribution is -2.47. The number of rotatable bonds is 5. The lowest BCUT2D eigenvalue weighted by atomic mass is 10.2. The zero-order chi connectivity index (χ0) is 16.8. The summed E-state index contributed by atoms with van der Waals surface area (Å²) >= 11 is 5.85. The maximum absolute atomic E-state index is 11.7. The maximum atomic E-state index is 11.7. The molecule has 0 fully saturated rings. The van der Waals surface area contributed by atoms with Gasteiger partial charge in [0.25, 0.3) is 0 Å². The summed E-state index contributed by atoms with van der Waals surface area (Å²) in [6.07, 6.45) is -0.724. The summed E-state index contributed by atoms with van der Waals surface area (Å²) in [4.78, 5) is 23.4. The Bertz CT molecular complexity index is 527. The van der Waals surface area contributed by atoms with Crippen LogP contribution >= 0.6 is 11.6 Å². The van der Waals surface area contributed by atoms with Crippen LogP contribution in [0.25, 0.3) is 0 Å². The largest absolute Gasteiger partial charge is 0.491 e. The number of nitrogens with one attached hydrogen (secondary N) is 1. The molecule has 7 heteroatoms. The fraction of sp³-hybridized carbons (Fsp3) is 0.467. The number of methoxy groups -OCH3 is 1. The molecule has 0 aromatic heterocycles. The first-order chi connectivity index (χ1) is 10.2. The van der Waals surface area contributed by atoms with Crippen molar-refractivity contribution in [3.63, 3.8) is 0 Å². The van der Waals surface area contributed by atoms with Gasteiger partial charge in [-0.1, -0.05) is 17.7 Å². The van der Waals surface area contributed by atoms with Crippen molar-refractivity contribution in [2.24, 2.45) is 0 Å². The van der Waals surface area contributed by atoms with E-state index in [-0.39, 0.29) is 6.61 Å². The van der Waals surface area contributed by atoms with Gasteiger partial charge in [0.05, 0.1) is 7.11 Å². The Morgan fingerprint density at radius 1 is 1.32 bits per heavy atom. The molecule has 1 N–H and O–H groups in total. The average Bonchev–Trinajstić information content (AvgIpc) is 2.40. The lowest BCUT2D eigenvalue weighted by Gasteiger charge is -2.22. The molecule has 1 aromatic carbocycles. The number of hydrogen-bond acceptors (Lipinski definition) is 5. The summed E-state index contributed by atoms with van der Waals surface area (Å²) in [6.45, 7) is 5.07. The summed E-state index contributed by atoms with van der Waals surface area (Å²) < 4.78 is 15.2. The van der Waals surface area contributed by atoms with Gasteiger partial charge >= 0.3 is 12.1 Å². The number of carbonyl (C=O) groups excluding carboxylic acids is 2. The van der Waals surface area contributed by atoms with Crippen molar-refractivity contribution in [1.82, 2.24) is 5.32 Å².